The smallest absolute Gasteiger partial charge is 0.305 e. The highest BCUT2D eigenvalue weighted by atomic mass is 33.1. The Morgan fingerprint density at radius 2 is 1.12 bits per heavy atom. The number of benzene rings is 3. The SMILES string of the molecule is CC[C@H](C)[C@H](NC(=O)[C@@H](NC(=O)[C@H](Cc1c[nH]c2ccc(OC)cc12)NC(C)=O)[C@@H](C)O)C(=O)N[C@H]1CSSC[C@@H](C(=O)N[C@@H](Cc2c[nH]c3ccccc23)C(=O)N2CCC[C@H]2C(N)=O)NC(=O)[C@H](CC(=O)O)NC(=O)[C@H](Cc2cnc[nH]2)NC(=O)[C@H](Cc2c[nH]c3ccccc23)NC(=O)[C@H](CC(N)=O)NC(=O)[C@H](CC(N)=O)NC1=O. The van der Waals surface area contributed by atoms with Crippen LogP contribution in [0.15, 0.2) is 97.8 Å². The molecule has 6 heterocycles. The summed E-state index contributed by atoms with van der Waals surface area (Å²) in [5.41, 5.74) is 20.7. The average Bonchev–Trinajstić information content (AvgIpc) is 1.69. The number of carboxylic acid groups (broad SMARTS) is 1. The average molecular weight is 1640 g/mol. The van der Waals surface area contributed by atoms with Crippen molar-refractivity contribution < 1.29 is 91.7 Å². The van der Waals surface area contributed by atoms with Crippen LogP contribution in [0.5, 0.6) is 5.75 Å². The molecule has 2 fully saturated rings. The minimum atomic E-state index is -2.11. The number of carboxylic acids is 1. The third kappa shape index (κ3) is 23.3. The number of aliphatic hydroxyl groups is 1. The van der Waals surface area contributed by atoms with Crippen molar-refractivity contribution in [2.75, 3.05) is 25.2 Å². The molecule has 0 spiro atoms. The molecule has 39 nitrogen and oxygen atoms in total. The Bertz CT molecular complexity index is 4820. The fourth-order valence-corrected chi connectivity index (χ4v) is 15.8. The normalized spacial score (nSPS) is 21.1. The van der Waals surface area contributed by atoms with Gasteiger partial charge >= 0.3 is 5.97 Å². The number of fused-ring (bicyclic) bond motifs is 3. The van der Waals surface area contributed by atoms with Gasteiger partial charge in [0.15, 0.2) is 0 Å². The third-order valence-electron chi connectivity index (χ3n) is 19.8. The molecule has 116 heavy (non-hydrogen) atoms. The highest BCUT2D eigenvalue weighted by Crippen LogP contribution is 2.29. The molecule has 0 radical (unpaired) electrons. The van der Waals surface area contributed by atoms with Crippen LogP contribution >= 0.6 is 21.6 Å². The van der Waals surface area contributed by atoms with E-state index in [0.717, 1.165) is 6.92 Å². The van der Waals surface area contributed by atoms with Crippen LogP contribution in [0.1, 0.15) is 88.6 Å². The Kier molecular flexibility index (Phi) is 30.5. The third-order valence-corrected chi connectivity index (χ3v) is 22.2. The van der Waals surface area contributed by atoms with E-state index >= 15 is 24.0 Å². The van der Waals surface area contributed by atoms with Crippen molar-refractivity contribution in [2.24, 2.45) is 23.1 Å². The predicted molar refractivity (Wildman–Crippen MR) is 422 cm³/mol. The molecule has 0 aliphatic carbocycles. The summed E-state index contributed by atoms with van der Waals surface area (Å²) in [5, 5.41) is 50.9. The maximum atomic E-state index is 15.3. The fraction of sp³-hybridized carbons (Fsp3) is 0.427. The number of ether oxygens (including phenoxy) is 1. The van der Waals surface area contributed by atoms with E-state index in [4.69, 9.17) is 21.9 Å². The van der Waals surface area contributed by atoms with Crippen molar-refractivity contribution in [3.63, 3.8) is 0 Å². The number of amides is 15. The van der Waals surface area contributed by atoms with Crippen molar-refractivity contribution in [3.8, 4) is 5.75 Å². The van der Waals surface area contributed by atoms with Crippen LogP contribution < -0.4 is 80.4 Å². The Morgan fingerprint density at radius 1 is 0.595 bits per heavy atom. The van der Waals surface area contributed by atoms with Crippen molar-refractivity contribution in [3.05, 3.63) is 120 Å². The van der Waals surface area contributed by atoms with Crippen LogP contribution in [0, 0.1) is 5.92 Å². The molecule has 23 N–H and O–H groups in total. The van der Waals surface area contributed by atoms with E-state index < -0.39 is 223 Å². The number of nitrogens with one attached hydrogen (secondary N) is 15. The maximum absolute atomic E-state index is 15.3. The first kappa shape index (κ1) is 87.4. The number of aromatic nitrogens is 5. The molecule has 0 unspecified atom stereocenters. The lowest BCUT2D eigenvalue weighted by Gasteiger charge is -2.30. The van der Waals surface area contributed by atoms with Crippen LogP contribution in [0.25, 0.3) is 32.7 Å². The van der Waals surface area contributed by atoms with Crippen LogP contribution in [-0.4, -0.2) is 238 Å². The molecule has 620 valence electrons. The number of H-pyrrole nitrogens is 4. The van der Waals surface area contributed by atoms with Gasteiger partial charge in [-0.3, -0.25) is 76.7 Å². The van der Waals surface area contributed by atoms with Gasteiger partial charge in [0, 0.05) is 114 Å². The highest BCUT2D eigenvalue weighted by Gasteiger charge is 2.42. The quantitative estimate of drug-likeness (QED) is 0.0208. The summed E-state index contributed by atoms with van der Waals surface area (Å²) in [6.45, 7) is 5.54. The number of carbonyl (C=O) groups excluding carboxylic acids is 15. The molecule has 9 rings (SSSR count). The number of rotatable bonds is 29. The Balaban J connectivity index is 1.09. The molecule has 2 aliphatic rings. The monoisotopic (exact) mass is 1640 g/mol. The number of likely N-dealkylation sites (tertiary alicyclic amines) is 1. The summed E-state index contributed by atoms with van der Waals surface area (Å²) < 4.78 is 5.39. The lowest BCUT2D eigenvalue weighted by molar-refractivity contribution is -0.142. The molecule has 15 amide bonds. The number of aromatic amines is 4. The summed E-state index contributed by atoms with van der Waals surface area (Å²) in [6, 6.07) is -2.12. The number of para-hydroxylation sites is 2. The fourth-order valence-electron chi connectivity index (χ4n) is 13.5. The van der Waals surface area contributed by atoms with Crippen LogP contribution in [0.3, 0.4) is 0 Å². The van der Waals surface area contributed by atoms with Crippen molar-refractivity contribution in [1.82, 2.24) is 88.3 Å². The van der Waals surface area contributed by atoms with Gasteiger partial charge in [-0.25, -0.2) is 4.98 Å². The van der Waals surface area contributed by atoms with Gasteiger partial charge in [-0.15, -0.1) is 0 Å². The van der Waals surface area contributed by atoms with Gasteiger partial charge in [0.25, 0.3) is 0 Å². The molecule has 3 aromatic carbocycles. The summed E-state index contributed by atoms with van der Waals surface area (Å²) in [4.78, 5) is 246. The lowest BCUT2D eigenvalue weighted by atomic mass is 9.97. The Hall–Kier alpha value is -12.5. The number of nitrogens with two attached hydrogens (primary N) is 3. The largest absolute Gasteiger partial charge is 0.497 e. The van der Waals surface area contributed by atoms with Gasteiger partial charge in [-0.2, -0.15) is 0 Å². The second-order valence-corrected chi connectivity index (χ2v) is 30.8. The first-order chi connectivity index (χ1) is 55.3. The van der Waals surface area contributed by atoms with E-state index in [0.29, 0.717) is 83.2 Å². The summed E-state index contributed by atoms with van der Waals surface area (Å²) in [5.74, 6) is -19.8. The molecule has 2 saturated heterocycles. The van der Waals surface area contributed by atoms with Gasteiger partial charge in [0.05, 0.1) is 38.8 Å². The van der Waals surface area contributed by atoms with E-state index in [1.807, 2.05) is 0 Å². The lowest BCUT2D eigenvalue weighted by Crippen LogP contribution is -2.63. The van der Waals surface area contributed by atoms with Gasteiger partial charge in [0.2, 0.25) is 88.6 Å². The van der Waals surface area contributed by atoms with Crippen molar-refractivity contribution >= 4 is 149 Å². The van der Waals surface area contributed by atoms with Gasteiger partial charge < -0.3 is 115 Å². The minimum absolute atomic E-state index is 0.0451. The highest BCUT2D eigenvalue weighted by molar-refractivity contribution is 8.76. The number of hydrogen-bond donors (Lipinski definition) is 20. The topological polar surface area (TPSA) is 612 Å². The van der Waals surface area contributed by atoms with Crippen molar-refractivity contribution in [1.29, 1.82) is 0 Å². The Labute approximate surface area is 670 Å². The summed E-state index contributed by atoms with van der Waals surface area (Å²) >= 11 is 0. The number of carbonyl (C=O) groups is 16. The van der Waals surface area contributed by atoms with E-state index in [-0.39, 0.29) is 37.9 Å². The number of aliphatic hydroxyl groups excluding tert-OH is 1. The molecule has 0 saturated carbocycles. The summed E-state index contributed by atoms with van der Waals surface area (Å²) in [7, 11) is 2.89. The molecule has 0 bridgehead atoms. The van der Waals surface area contributed by atoms with E-state index in [1.165, 1.54) is 44.6 Å². The van der Waals surface area contributed by atoms with Crippen molar-refractivity contribution in [2.45, 2.75) is 171 Å². The van der Waals surface area contributed by atoms with Crippen LogP contribution in [-0.2, 0) is 102 Å². The summed E-state index contributed by atoms with van der Waals surface area (Å²) in [6.07, 6.45) is 1.76. The molecule has 4 aromatic heterocycles. The molecule has 14 atom stereocenters. The number of nitrogens with zero attached hydrogens (tertiary/aromatic N) is 2. The minimum Gasteiger partial charge on any atom is -0.497 e. The van der Waals surface area contributed by atoms with Crippen LogP contribution in [0.2, 0.25) is 0 Å². The first-order valence-corrected chi connectivity index (χ1v) is 39.6. The number of aliphatic carboxylic acids is 1. The van der Waals surface area contributed by atoms with E-state index in [9.17, 15) is 63.0 Å². The van der Waals surface area contributed by atoms with Gasteiger partial charge in [-0.05, 0) is 72.7 Å². The van der Waals surface area contributed by atoms with E-state index in [1.54, 1.807) is 86.0 Å². The zero-order valence-electron chi connectivity index (χ0n) is 63.8. The van der Waals surface area contributed by atoms with E-state index in [2.05, 4.69) is 83.4 Å². The Morgan fingerprint density at radius 3 is 1.69 bits per heavy atom. The number of methoxy groups -OCH3 is 1. The van der Waals surface area contributed by atoms with Crippen LogP contribution in [0.4, 0.5) is 0 Å². The van der Waals surface area contributed by atoms with Gasteiger partial charge in [0.1, 0.15) is 78.3 Å². The maximum Gasteiger partial charge on any atom is 0.305 e. The number of imidazole rings is 1. The molecule has 41 heteroatoms. The first-order valence-electron chi connectivity index (χ1n) is 37.1. The van der Waals surface area contributed by atoms with Gasteiger partial charge in [-0.1, -0.05) is 78.3 Å². The molecular weight excluding hydrogens is 1550 g/mol. The zero-order chi connectivity index (χ0) is 84.2. The second kappa shape index (κ2) is 40.5. The standard InChI is InChI=1S/C75H94N20O19S2/c1-6-35(2)62(93-74(112)63(36(3)96)94-70(108)49(84-37(4)97)21-40-30-82-48-18-17-42(114-5)24-45(40)48)73(111)92-57-33-116-115-32-56(72(110)90-55(75(113)95-19-11-16-58(95)64(78)102)22-39-29-81-47-15-10-8-13-44(39)47)91-69(107)54(27-61(100)101)89-66(104)51(23-41-31-79-34-83-41)86-65(103)50(20-38-28-80-46-14-9-7-12-43(38)46)85-67(105)52(25-59(76)98)87-68(106)53(26-60(77)99)88-71(57)109/h7-10,12-15,17-18,24,28-31,34-36,49-58,62-63,80-82,96H,6,11,16,19-23,25-27,32-33H2,1-5H3,(H2,76,98)(H2,77,99)(H2,78,102)(H,79,83)(H,84,97)(H,85,105)(H,86,103)(H,87,106)(H,88,109)(H,89,104)(H,90,110)(H,91,107)(H,92,111)(H,93,112)(H,94,108)(H,100,101)/t35-,36+,49-,50-,51-,52-,53-,54-,55-,56-,57-,58-,62-,63-/m0/s1. The predicted octanol–water partition coefficient (Wildman–Crippen LogP) is -2.99. The molecule has 7 aromatic rings. The second-order valence-electron chi connectivity index (χ2n) is 28.3. The zero-order valence-corrected chi connectivity index (χ0v) is 65.4. The number of hydrogen-bond acceptors (Lipinski definition) is 21. The molecule has 2 aliphatic heterocycles. The molecular formula is C75H94N20O19S2. The number of primary amides is 3.